The van der Waals surface area contributed by atoms with Crippen molar-refractivity contribution >= 4 is 17.3 Å². The first-order valence-electron chi connectivity index (χ1n) is 9.37. The van der Waals surface area contributed by atoms with Crippen LogP contribution in [0.25, 0.3) is 5.57 Å². The number of esters is 1. The normalized spacial score (nSPS) is 18.8. The molecule has 2 atom stereocenters. The maximum Gasteiger partial charge on any atom is 0.317 e. The predicted molar refractivity (Wildman–Crippen MR) is 106 cm³/mol. The Bertz CT molecular complexity index is 933. The van der Waals surface area contributed by atoms with E-state index in [1.165, 1.54) is 18.2 Å². The number of carbonyl (C=O) groups is 2. The van der Waals surface area contributed by atoms with Crippen LogP contribution in [0.4, 0.5) is 4.39 Å². The molecule has 0 amide bonds. The Hall–Kier alpha value is -3.15. The smallest absolute Gasteiger partial charge is 0.317 e. The van der Waals surface area contributed by atoms with E-state index in [-0.39, 0.29) is 18.2 Å². The van der Waals surface area contributed by atoms with Crippen LogP contribution in [0.15, 0.2) is 48.5 Å². The van der Waals surface area contributed by atoms with Gasteiger partial charge in [-0.15, -0.1) is 0 Å². The van der Waals surface area contributed by atoms with Crippen LogP contribution in [-0.2, 0) is 14.3 Å². The maximum absolute atomic E-state index is 13.4. The minimum atomic E-state index is -0.954. The van der Waals surface area contributed by atoms with Crippen LogP contribution in [0.5, 0.6) is 11.5 Å². The van der Waals surface area contributed by atoms with E-state index in [2.05, 4.69) is 0 Å². The first kappa shape index (κ1) is 20.6. The molecule has 1 aliphatic rings. The zero-order valence-corrected chi connectivity index (χ0v) is 16.6. The summed E-state index contributed by atoms with van der Waals surface area (Å²) in [5.74, 6) is -1.54. The van der Waals surface area contributed by atoms with Gasteiger partial charge in [-0.2, -0.15) is 0 Å². The molecule has 2 aromatic rings. The molecule has 0 aliphatic heterocycles. The molecule has 0 aromatic heterocycles. The van der Waals surface area contributed by atoms with Gasteiger partial charge in [-0.25, -0.2) is 4.39 Å². The molecule has 0 bridgehead atoms. The van der Waals surface area contributed by atoms with Gasteiger partial charge >= 0.3 is 5.97 Å². The number of ether oxygens (including phenoxy) is 3. The lowest BCUT2D eigenvalue weighted by atomic mass is 9.73. The van der Waals surface area contributed by atoms with Crippen molar-refractivity contribution in [2.45, 2.75) is 19.3 Å². The SMILES string of the molecule is CCOC(=O)[C@@H]1C(=O)C=C(c2ccc(OC)c(OC)c2)C[C@@H]1c1ccc(F)cc1. The average molecular weight is 398 g/mol. The lowest BCUT2D eigenvalue weighted by Crippen LogP contribution is -2.34. The van der Waals surface area contributed by atoms with Gasteiger partial charge in [0.25, 0.3) is 0 Å². The van der Waals surface area contributed by atoms with E-state index in [4.69, 9.17) is 14.2 Å². The Morgan fingerprint density at radius 1 is 1.07 bits per heavy atom. The molecule has 0 N–H and O–H groups in total. The Morgan fingerprint density at radius 2 is 1.76 bits per heavy atom. The van der Waals surface area contributed by atoms with Crippen molar-refractivity contribution in [3.05, 3.63) is 65.5 Å². The van der Waals surface area contributed by atoms with E-state index in [0.717, 1.165) is 11.1 Å². The van der Waals surface area contributed by atoms with Crippen LogP contribution in [0.3, 0.4) is 0 Å². The molecule has 5 nitrogen and oxygen atoms in total. The lowest BCUT2D eigenvalue weighted by Gasteiger charge is -2.29. The number of hydrogen-bond donors (Lipinski definition) is 0. The number of halogens is 1. The highest BCUT2D eigenvalue weighted by Gasteiger charge is 2.39. The molecule has 0 saturated heterocycles. The van der Waals surface area contributed by atoms with Crippen LogP contribution in [0, 0.1) is 11.7 Å². The molecule has 0 fully saturated rings. The van der Waals surface area contributed by atoms with E-state index in [1.54, 1.807) is 45.4 Å². The largest absolute Gasteiger partial charge is 0.493 e. The number of rotatable bonds is 6. The van der Waals surface area contributed by atoms with Crippen molar-refractivity contribution < 1.29 is 28.2 Å². The van der Waals surface area contributed by atoms with Crippen LogP contribution < -0.4 is 9.47 Å². The zero-order chi connectivity index (χ0) is 21.0. The topological polar surface area (TPSA) is 61.8 Å². The molecule has 0 spiro atoms. The number of benzene rings is 2. The molecule has 0 radical (unpaired) electrons. The number of ketones is 1. The molecule has 29 heavy (non-hydrogen) atoms. The van der Waals surface area contributed by atoms with Crippen molar-refractivity contribution in [1.82, 2.24) is 0 Å². The summed E-state index contributed by atoms with van der Waals surface area (Å²) in [5, 5.41) is 0. The third-order valence-electron chi connectivity index (χ3n) is 5.06. The average Bonchev–Trinajstić information content (AvgIpc) is 2.73. The van der Waals surface area contributed by atoms with Gasteiger partial charge in [0.05, 0.1) is 20.8 Å². The minimum Gasteiger partial charge on any atom is -0.493 e. The van der Waals surface area contributed by atoms with Crippen LogP contribution in [0.2, 0.25) is 0 Å². The van der Waals surface area contributed by atoms with E-state index in [1.807, 2.05) is 6.07 Å². The first-order valence-corrected chi connectivity index (χ1v) is 9.37. The fourth-order valence-electron chi connectivity index (χ4n) is 3.64. The van der Waals surface area contributed by atoms with Crippen LogP contribution >= 0.6 is 0 Å². The molecule has 0 heterocycles. The van der Waals surface area contributed by atoms with E-state index >= 15 is 0 Å². The Labute approximate surface area is 169 Å². The first-order chi connectivity index (χ1) is 14.0. The van der Waals surface area contributed by atoms with Gasteiger partial charge in [0.15, 0.2) is 17.3 Å². The van der Waals surface area contributed by atoms with E-state index in [0.29, 0.717) is 23.5 Å². The highest BCUT2D eigenvalue weighted by Crippen LogP contribution is 2.42. The molecule has 3 rings (SSSR count). The molecular formula is C23H23FO5. The zero-order valence-electron chi connectivity index (χ0n) is 16.6. The highest BCUT2D eigenvalue weighted by molar-refractivity contribution is 6.10. The second-order valence-corrected chi connectivity index (χ2v) is 6.73. The number of allylic oxidation sites excluding steroid dienone is 2. The second kappa shape index (κ2) is 8.90. The number of methoxy groups -OCH3 is 2. The predicted octanol–water partition coefficient (Wildman–Crippen LogP) is 4.16. The lowest BCUT2D eigenvalue weighted by molar-refractivity contribution is -0.151. The van der Waals surface area contributed by atoms with Crippen molar-refractivity contribution in [2.75, 3.05) is 20.8 Å². The van der Waals surface area contributed by atoms with Gasteiger partial charge in [-0.3, -0.25) is 9.59 Å². The van der Waals surface area contributed by atoms with Gasteiger partial charge in [-0.05, 0) is 60.4 Å². The van der Waals surface area contributed by atoms with Crippen molar-refractivity contribution in [2.24, 2.45) is 5.92 Å². The molecule has 152 valence electrons. The number of carbonyl (C=O) groups excluding carboxylic acids is 2. The van der Waals surface area contributed by atoms with Gasteiger partial charge in [-0.1, -0.05) is 18.2 Å². The molecule has 0 saturated carbocycles. The van der Waals surface area contributed by atoms with Crippen LogP contribution in [0.1, 0.15) is 30.4 Å². The van der Waals surface area contributed by atoms with Crippen molar-refractivity contribution in [3.8, 4) is 11.5 Å². The summed E-state index contributed by atoms with van der Waals surface area (Å²) < 4.78 is 29.2. The molecule has 2 aromatic carbocycles. The molecular weight excluding hydrogens is 375 g/mol. The maximum atomic E-state index is 13.4. The molecule has 6 heteroatoms. The fraction of sp³-hybridized carbons (Fsp3) is 0.304. The van der Waals surface area contributed by atoms with Gasteiger partial charge in [0.1, 0.15) is 11.7 Å². The summed E-state index contributed by atoms with van der Waals surface area (Å²) in [6, 6.07) is 11.3. The third-order valence-corrected chi connectivity index (χ3v) is 5.06. The summed E-state index contributed by atoms with van der Waals surface area (Å²) >= 11 is 0. The number of hydrogen-bond acceptors (Lipinski definition) is 5. The van der Waals surface area contributed by atoms with E-state index in [9.17, 15) is 14.0 Å². The highest BCUT2D eigenvalue weighted by atomic mass is 19.1. The van der Waals surface area contributed by atoms with E-state index < -0.39 is 17.8 Å². The summed E-state index contributed by atoms with van der Waals surface area (Å²) in [6.45, 7) is 1.88. The fourth-order valence-corrected chi connectivity index (χ4v) is 3.64. The summed E-state index contributed by atoms with van der Waals surface area (Å²) in [6.07, 6.45) is 1.92. The molecule has 1 aliphatic carbocycles. The summed E-state index contributed by atoms with van der Waals surface area (Å²) in [5.41, 5.74) is 2.28. The summed E-state index contributed by atoms with van der Waals surface area (Å²) in [4.78, 5) is 25.4. The molecule has 0 unspecified atom stereocenters. The van der Waals surface area contributed by atoms with Gasteiger partial charge in [0.2, 0.25) is 0 Å². The summed E-state index contributed by atoms with van der Waals surface area (Å²) in [7, 11) is 3.09. The monoisotopic (exact) mass is 398 g/mol. The minimum absolute atomic E-state index is 0.186. The standard InChI is InChI=1S/C23H23FO5/c1-4-29-23(26)22-18(14-5-8-17(24)9-6-14)11-16(12-19(22)25)15-7-10-20(27-2)21(13-15)28-3/h5-10,12-13,18,22H,4,11H2,1-3H3/t18-,22+/m1/s1. The van der Waals surface area contributed by atoms with Crippen LogP contribution in [-0.4, -0.2) is 32.6 Å². The van der Waals surface area contributed by atoms with Crippen molar-refractivity contribution in [1.29, 1.82) is 0 Å². The Balaban J connectivity index is 2.03. The van der Waals surface area contributed by atoms with Gasteiger partial charge < -0.3 is 14.2 Å². The second-order valence-electron chi connectivity index (χ2n) is 6.73. The quantitative estimate of drug-likeness (QED) is 0.540. The Morgan fingerprint density at radius 3 is 2.38 bits per heavy atom. The van der Waals surface area contributed by atoms with Gasteiger partial charge in [0, 0.05) is 5.92 Å². The Kier molecular flexibility index (Phi) is 6.32. The van der Waals surface area contributed by atoms with Crippen molar-refractivity contribution in [3.63, 3.8) is 0 Å². The third kappa shape index (κ3) is 4.31.